The summed E-state index contributed by atoms with van der Waals surface area (Å²) in [6.45, 7) is 0.200. The Hall–Kier alpha value is -3.91. The van der Waals surface area contributed by atoms with Crippen molar-refractivity contribution in [2.45, 2.75) is 16.5 Å². The number of esters is 1. The van der Waals surface area contributed by atoms with Crippen LogP contribution in [0.5, 0.6) is 0 Å². The first-order chi connectivity index (χ1) is 16.6. The van der Waals surface area contributed by atoms with E-state index < -0.39 is 5.97 Å². The van der Waals surface area contributed by atoms with E-state index in [4.69, 9.17) is 14.7 Å². The van der Waals surface area contributed by atoms with Gasteiger partial charge in [-0.1, -0.05) is 71.5 Å². The number of nitrogens with zero attached hydrogens (tertiary/aromatic N) is 3. The molecule has 0 N–H and O–H groups in total. The van der Waals surface area contributed by atoms with E-state index in [2.05, 4.69) is 5.16 Å². The highest BCUT2D eigenvalue weighted by Crippen LogP contribution is 2.36. The third-order valence-corrected chi connectivity index (χ3v) is 6.23. The Labute approximate surface area is 201 Å². The molecule has 4 rings (SSSR count). The number of benzene rings is 3. The average Bonchev–Trinajstić information content (AvgIpc) is 3.18. The second kappa shape index (κ2) is 10.8. The second-order valence-corrected chi connectivity index (χ2v) is 8.31. The van der Waals surface area contributed by atoms with Crippen LogP contribution in [0.1, 0.15) is 21.5 Å². The van der Waals surface area contributed by atoms with Crippen molar-refractivity contribution in [2.24, 2.45) is 12.2 Å². The SMILES string of the molecule is COC(=O)c1ccccc1Sc1c(/C=N/OCc2ccc(F)cc2)c(-c2ccccc2)nn1C. The van der Waals surface area contributed by atoms with Crippen molar-refractivity contribution in [3.8, 4) is 11.3 Å². The molecule has 0 aliphatic carbocycles. The number of oxime groups is 1. The molecule has 0 aliphatic heterocycles. The van der Waals surface area contributed by atoms with Gasteiger partial charge in [-0.25, -0.2) is 9.18 Å². The quantitative estimate of drug-likeness (QED) is 0.185. The summed E-state index contributed by atoms with van der Waals surface area (Å²) < 4.78 is 19.8. The minimum atomic E-state index is -0.411. The largest absolute Gasteiger partial charge is 0.465 e. The predicted octanol–water partition coefficient (Wildman–Crippen LogP) is 5.71. The number of ether oxygens (including phenoxy) is 1. The van der Waals surface area contributed by atoms with Crippen LogP contribution in [0.3, 0.4) is 0 Å². The van der Waals surface area contributed by atoms with Gasteiger partial charge < -0.3 is 9.57 Å². The molecule has 0 bridgehead atoms. The number of hydrogen-bond donors (Lipinski definition) is 0. The lowest BCUT2D eigenvalue weighted by molar-refractivity contribution is 0.0597. The van der Waals surface area contributed by atoms with E-state index >= 15 is 0 Å². The maximum atomic E-state index is 13.1. The number of aromatic nitrogens is 2. The summed E-state index contributed by atoms with van der Waals surface area (Å²) in [5.41, 5.74) is 3.67. The van der Waals surface area contributed by atoms with Gasteiger partial charge in [-0.3, -0.25) is 4.68 Å². The highest BCUT2D eigenvalue weighted by molar-refractivity contribution is 7.99. The third-order valence-electron chi connectivity index (χ3n) is 4.98. The molecule has 34 heavy (non-hydrogen) atoms. The lowest BCUT2D eigenvalue weighted by Gasteiger charge is -2.08. The summed E-state index contributed by atoms with van der Waals surface area (Å²) in [4.78, 5) is 18.5. The molecule has 1 heterocycles. The third kappa shape index (κ3) is 5.35. The van der Waals surface area contributed by atoms with Gasteiger partial charge in [0.15, 0.2) is 0 Å². The van der Waals surface area contributed by atoms with Crippen LogP contribution in [0.2, 0.25) is 0 Å². The number of carbonyl (C=O) groups is 1. The molecule has 172 valence electrons. The molecular weight excluding hydrogens is 453 g/mol. The van der Waals surface area contributed by atoms with Crippen LogP contribution < -0.4 is 0 Å². The van der Waals surface area contributed by atoms with E-state index in [1.807, 2.05) is 49.5 Å². The molecule has 0 aliphatic rings. The van der Waals surface area contributed by atoms with Crippen LogP contribution in [-0.4, -0.2) is 29.1 Å². The van der Waals surface area contributed by atoms with Crippen molar-refractivity contribution in [3.05, 3.63) is 101 Å². The summed E-state index contributed by atoms with van der Waals surface area (Å²) in [5, 5.41) is 9.65. The zero-order valence-electron chi connectivity index (χ0n) is 18.6. The van der Waals surface area contributed by atoms with E-state index in [-0.39, 0.29) is 12.4 Å². The molecule has 0 atom stereocenters. The number of carbonyl (C=O) groups excluding carboxylic acids is 1. The molecule has 3 aromatic carbocycles. The minimum absolute atomic E-state index is 0.200. The lowest BCUT2D eigenvalue weighted by atomic mass is 10.1. The van der Waals surface area contributed by atoms with Gasteiger partial charge in [-0.15, -0.1) is 0 Å². The molecule has 0 spiro atoms. The maximum absolute atomic E-state index is 13.1. The molecule has 0 saturated heterocycles. The van der Waals surface area contributed by atoms with Gasteiger partial charge in [0.25, 0.3) is 0 Å². The summed E-state index contributed by atoms with van der Waals surface area (Å²) in [5.74, 6) is -0.713. The second-order valence-electron chi connectivity index (χ2n) is 7.28. The first-order valence-corrected chi connectivity index (χ1v) is 11.3. The molecular formula is C26H22FN3O3S. The number of rotatable bonds is 8. The van der Waals surface area contributed by atoms with Crippen LogP contribution >= 0.6 is 11.8 Å². The molecule has 0 fully saturated rings. The average molecular weight is 476 g/mol. The summed E-state index contributed by atoms with van der Waals surface area (Å²) in [6.07, 6.45) is 1.61. The Morgan fingerprint density at radius 1 is 1.06 bits per heavy atom. The molecule has 0 radical (unpaired) electrons. The van der Waals surface area contributed by atoms with Gasteiger partial charge in [-0.2, -0.15) is 5.10 Å². The summed E-state index contributed by atoms with van der Waals surface area (Å²) >= 11 is 1.39. The normalized spacial score (nSPS) is 11.0. The number of methoxy groups -OCH3 is 1. The number of hydrogen-bond acceptors (Lipinski definition) is 6. The van der Waals surface area contributed by atoms with Crippen molar-refractivity contribution in [1.82, 2.24) is 9.78 Å². The van der Waals surface area contributed by atoms with Crippen molar-refractivity contribution >= 4 is 23.9 Å². The molecule has 0 unspecified atom stereocenters. The Bertz CT molecular complexity index is 1300. The fourth-order valence-electron chi connectivity index (χ4n) is 3.29. The van der Waals surface area contributed by atoms with Crippen LogP contribution in [0.15, 0.2) is 93.9 Å². The standard InChI is InChI=1S/C26H22FN3O3S/c1-30-25(34-23-11-7-6-10-21(23)26(31)32-2)22(24(29-30)19-8-4-3-5-9-19)16-28-33-17-18-12-14-20(27)15-13-18/h3-16H,17H2,1-2H3/b28-16+. The van der Waals surface area contributed by atoms with Gasteiger partial charge >= 0.3 is 5.97 Å². The Balaban J connectivity index is 1.67. The van der Waals surface area contributed by atoms with Crippen LogP contribution in [0.25, 0.3) is 11.3 Å². The highest BCUT2D eigenvalue weighted by Gasteiger charge is 2.20. The van der Waals surface area contributed by atoms with E-state index in [1.54, 1.807) is 35.2 Å². The Kier molecular flexibility index (Phi) is 7.39. The first kappa shape index (κ1) is 23.3. The van der Waals surface area contributed by atoms with Crippen molar-refractivity contribution in [3.63, 3.8) is 0 Å². The minimum Gasteiger partial charge on any atom is -0.465 e. The van der Waals surface area contributed by atoms with Crippen LogP contribution in [0.4, 0.5) is 4.39 Å². The van der Waals surface area contributed by atoms with Gasteiger partial charge in [0.05, 0.1) is 24.5 Å². The van der Waals surface area contributed by atoms with E-state index in [0.717, 1.165) is 32.3 Å². The van der Waals surface area contributed by atoms with Crippen LogP contribution in [0, 0.1) is 5.82 Å². The van der Waals surface area contributed by atoms with Crippen molar-refractivity contribution in [1.29, 1.82) is 0 Å². The zero-order valence-corrected chi connectivity index (χ0v) is 19.5. The zero-order chi connectivity index (χ0) is 23.9. The first-order valence-electron chi connectivity index (χ1n) is 10.4. The smallest absolute Gasteiger partial charge is 0.339 e. The summed E-state index contributed by atoms with van der Waals surface area (Å²) in [6, 6.07) is 23.0. The molecule has 0 saturated carbocycles. The number of halogens is 1. The van der Waals surface area contributed by atoms with Crippen molar-refractivity contribution in [2.75, 3.05) is 7.11 Å². The van der Waals surface area contributed by atoms with Gasteiger partial charge in [-0.05, 0) is 29.8 Å². The van der Waals surface area contributed by atoms with Gasteiger partial charge in [0.1, 0.15) is 23.1 Å². The summed E-state index contributed by atoms with van der Waals surface area (Å²) in [7, 11) is 3.20. The van der Waals surface area contributed by atoms with E-state index in [1.165, 1.54) is 31.0 Å². The molecule has 0 amide bonds. The fraction of sp³-hybridized carbons (Fsp3) is 0.115. The van der Waals surface area contributed by atoms with E-state index in [0.29, 0.717) is 5.56 Å². The predicted molar refractivity (Wildman–Crippen MR) is 129 cm³/mol. The monoisotopic (exact) mass is 475 g/mol. The number of aryl methyl sites for hydroxylation is 1. The molecule has 1 aromatic heterocycles. The highest BCUT2D eigenvalue weighted by atomic mass is 32.2. The van der Waals surface area contributed by atoms with Gasteiger partial charge in [0.2, 0.25) is 0 Å². The Morgan fingerprint density at radius 3 is 2.50 bits per heavy atom. The fourth-order valence-corrected chi connectivity index (χ4v) is 4.34. The topological polar surface area (TPSA) is 65.7 Å². The molecule has 6 nitrogen and oxygen atoms in total. The van der Waals surface area contributed by atoms with Crippen LogP contribution in [-0.2, 0) is 23.2 Å². The molecule has 8 heteroatoms. The Morgan fingerprint density at radius 2 is 1.76 bits per heavy atom. The lowest BCUT2D eigenvalue weighted by Crippen LogP contribution is -2.03. The van der Waals surface area contributed by atoms with E-state index in [9.17, 15) is 9.18 Å². The molecule has 4 aromatic rings. The maximum Gasteiger partial charge on any atom is 0.339 e. The van der Waals surface area contributed by atoms with Gasteiger partial charge in [0, 0.05) is 17.5 Å². The van der Waals surface area contributed by atoms with Crippen molar-refractivity contribution < 1.29 is 18.8 Å².